The lowest BCUT2D eigenvalue weighted by Crippen LogP contribution is -2.44. The van der Waals surface area contributed by atoms with Crippen LogP contribution in [0.3, 0.4) is 0 Å². The zero-order valence-corrected chi connectivity index (χ0v) is 9.12. The van der Waals surface area contributed by atoms with Gasteiger partial charge in [0.1, 0.15) is 0 Å². The summed E-state index contributed by atoms with van der Waals surface area (Å²) in [5, 5.41) is 9.03. The van der Waals surface area contributed by atoms with Crippen LogP contribution in [-0.2, 0) is 0 Å². The quantitative estimate of drug-likeness (QED) is 0.702. The van der Waals surface area contributed by atoms with E-state index in [4.69, 9.17) is 0 Å². The van der Waals surface area contributed by atoms with Crippen LogP contribution in [0.2, 0.25) is 0 Å². The average Bonchev–Trinajstić information content (AvgIpc) is 2.31. The first-order chi connectivity index (χ1) is 7.84. The molecule has 0 aliphatic carbocycles. The van der Waals surface area contributed by atoms with E-state index in [1.54, 1.807) is 12.1 Å². The van der Waals surface area contributed by atoms with Crippen molar-refractivity contribution in [1.29, 1.82) is 0 Å². The van der Waals surface area contributed by atoms with Crippen molar-refractivity contribution in [3.63, 3.8) is 0 Å². The maximum Gasteiger partial charge on any atom is 0.319 e. The van der Waals surface area contributed by atoms with E-state index in [1.807, 2.05) is 12.1 Å². The highest BCUT2D eigenvalue weighted by atomic mass is 16.2. The van der Waals surface area contributed by atoms with Crippen LogP contribution in [0.15, 0.2) is 24.3 Å². The predicted molar refractivity (Wildman–Crippen MR) is 63.3 cm³/mol. The molecule has 85 valence electrons. The monoisotopic (exact) mass is 218 g/mol. The second-order valence-electron chi connectivity index (χ2n) is 3.91. The summed E-state index contributed by atoms with van der Waals surface area (Å²) in [4.78, 5) is 11.6. The normalized spacial score (nSPS) is 16.8. The van der Waals surface area contributed by atoms with Crippen molar-refractivity contribution in [3.05, 3.63) is 30.3 Å². The van der Waals surface area contributed by atoms with Gasteiger partial charge in [0.15, 0.2) is 0 Å². The van der Waals surface area contributed by atoms with Gasteiger partial charge in [-0.2, -0.15) is 0 Å². The van der Waals surface area contributed by atoms with E-state index in [0.717, 1.165) is 31.6 Å². The second-order valence-corrected chi connectivity index (χ2v) is 3.91. The molecule has 1 aromatic carbocycles. The zero-order chi connectivity index (χ0) is 11.2. The molecule has 1 aromatic rings. The highest BCUT2D eigenvalue weighted by Gasteiger charge is 2.14. The number of carbonyl (C=O) groups is 1. The van der Waals surface area contributed by atoms with Gasteiger partial charge in [-0.3, -0.25) is 0 Å². The van der Waals surface area contributed by atoms with Crippen LogP contribution < -0.4 is 16.0 Å². The molecule has 2 amide bonds. The summed E-state index contributed by atoms with van der Waals surface area (Å²) in [7, 11) is 0. The van der Waals surface area contributed by atoms with Crippen molar-refractivity contribution >= 4 is 11.7 Å². The minimum absolute atomic E-state index is 0.127. The van der Waals surface area contributed by atoms with E-state index in [-0.39, 0.29) is 12.1 Å². The Bertz CT molecular complexity index is 333. The van der Waals surface area contributed by atoms with Gasteiger partial charge in [0.2, 0.25) is 0 Å². The van der Waals surface area contributed by atoms with Gasteiger partial charge in [-0.1, -0.05) is 12.1 Å². The summed E-state index contributed by atoms with van der Waals surface area (Å²) in [6.45, 7) is 1.95. The Balaban J connectivity index is 1.80. The summed E-state index contributed by atoms with van der Waals surface area (Å²) in [5.41, 5.74) is 0.796. The summed E-state index contributed by atoms with van der Waals surface area (Å²) >= 11 is 0. The lowest BCUT2D eigenvalue weighted by atomic mass is 10.1. The number of benzene rings is 1. The summed E-state index contributed by atoms with van der Waals surface area (Å²) in [6, 6.07) is 10.3. The van der Waals surface area contributed by atoms with Gasteiger partial charge < -0.3 is 16.0 Å². The molecule has 0 atom stereocenters. The molecule has 1 radical (unpaired) electrons. The number of hydrogen-bond acceptors (Lipinski definition) is 2. The third kappa shape index (κ3) is 3.24. The first-order valence-corrected chi connectivity index (χ1v) is 5.59. The van der Waals surface area contributed by atoms with Crippen molar-refractivity contribution in [2.24, 2.45) is 0 Å². The van der Waals surface area contributed by atoms with Crippen molar-refractivity contribution in [3.8, 4) is 0 Å². The van der Waals surface area contributed by atoms with Crippen LogP contribution in [0.1, 0.15) is 12.8 Å². The van der Waals surface area contributed by atoms with E-state index < -0.39 is 0 Å². The first kappa shape index (κ1) is 11.0. The molecule has 4 nitrogen and oxygen atoms in total. The highest BCUT2D eigenvalue weighted by molar-refractivity contribution is 5.89. The van der Waals surface area contributed by atoms with Crippen LogP contribution in [0.4, 0.5) is 10.5 Å². The minimum Gasteiger partial charge on any atom is -0.335 e. The molecule has 1 aliphatic rings. The van der Waals surface area contributed by atoms with Gasteiger partial charge in [-0.25, -0.2) is 4.79 Å². The Morgan fingerprint density at radius 2 is 2.00 bits per heavy atom. The molecule has 0 spiro atoms. The SMILES string of the molecule is O=C(Nc1cc[c]cc1)NC1CCNCC1. The van der Waals surface area contributed by atoms with Crippen LogP contribution in [0, 0.1) is 6.07 Å². The molecule has 0 bridgehead atoms. The Morgan fingerprint density at radius 3 is 2.69 bits per heavy atom. The minimum atomic E-state index is -0.127. The third-order valence-electron chi connectivity index (χ3n) is 2.65. The van der Waals surface area contributed by atoms with Gasteiger partial charge in [-0.15, -0.1) is 0 Å². The number of nitrogens with one attached hydrogen (secondary N) is 3. The van der Waals surface area contributed by atoms with Gasteiger partial charge in [0.25, 0.3) is 0 Å². The molecular weight excluding hydrogens is 202 g/mol. The van der Waals surface area contributed by atoms with Crippen LogP contribution in [0.25, 0.3) is 0 Å². The topological polar surface area (TPSA) is 53.2 Å². The van der Waals surface area contributed by atoms with E-state index in [2.05, 4.69) is 22.0 Å². The fourth-order valence-electron chi connectivity index (χ4n) is 1.79. The molecule has 0 saturated carbocycles. The Kier molecular flexibility index (Phi) is 3.77. The molecular formula is C12H16N3O. The fourth-order valence-corrected chi connectivity index (χ4v) is 1.79. The molecule has 1 heterocycles. The predicted octanol–water partition coefficient (Wildman–Crippen LogP) is 1.36. The van der Waals surface area contributed by atoms with Gasteiger partial charge in [0.05, 0.1) is 0 Å². The molecule has 16 heavy (non-hydrogen) atoms. The van der Waals surface area contributed by atoms with Crippen LogP contribution >= 0.6 is 0 Å². The highest BCUT2D eigenvalue weighted by Crippen LogP contribution is 2.06. The Morgan fingerprint density at radius 1 is 1.31 bits per heavy atom. The number of rotatable bonds is 2. The third-order valence-corrected chi connectivity index (χ3v) is 2.65. The standard InChI is InChI=1S/C12H16N3O/c16-12(14-10-4-2-1-3-5-10)15-11-6-8-13-9-7-11/h2-5,11,13H,6-9H2,(H2,14,15,16). The molecule has 0 unspecified atom stereocenters. The maximum atomic E-state index is 11.6. The number of urea groups is 1. The number of anilines is 1. The fraction of sp³-hybridized carbons (Fsp3) is 0.417. The van der Waals surface area contributed by atoms with Gasteiger partial charge in [0, 0.05) is 11.7 Å². The summed E-state index contributed by atoms with van der Waals surface area (Å²) in [6.07, 6.45) is 1.99. The number of amides is 2. The van der Waals surface area contributed by atoms with E-state index in [1.165, 1.54) is 0 Å². The lowest BCUT2D eigenvalue weighted by Gasteiger charge is -2.23. The average molecular weight is 218 g/mol. The molecule has 3 N–H and O–H groups in total. The smallest absolute Gasteiger partial charge is 0.319 e. The van der Waals surface area contributed by atoms with Crippen molar-refractivity contribution in [2.45, 2.75) is 18.9 Å². The molecule has 1 aliphatic heterocycles. The van der Waals surface area contributed by atoms with E-state index >= 15 is 0 Å². The molecule has 1 fully saturated rings. The summed E-state index contributed by atoms with van der Waals surface area (Å²) < 4.78 is 0. The van der Waals surface area contributed by atoms with Crippen LogP contribution in [0.5, 0.6) is 0 Å². The van der Waals surface area contributed by atoms with Crippen molar-refractivity contribution in [1.82, 2.24) is 10.6 Å². The molecule has 0 aromatic heterocycles. The number of piperidine rings is 1. The lowest BCUT2D eigenvalue weighted by molar-refractivity contribution is 0.245. The number of carbonyl (C=O) groups excluding carboxylic acids is 1. The Hall–Kier alpha value is -1.55. The zero-order valence-electron chi connectivity index (χ0n) is 9.12. The van der Waals surface area contributed by atoms with Gasteiger partial charge >= 0.3 is 6.03 Å². The van der Waals surface area contributed by atoms with Gasteiger partial charge in [-0.05, 0) is 44.1 Å². The Labute approximate surface area is 95.4 Å². The second kappa shape index (κ2) is 5.51. The van der Waals surface area contributed by atoms with Crippen LogP contribution in [-0.4, -0.2) is 25.2 Å². The van der Waals surface area contributed by atoms with E-state index in [0.29, 0.717) is 0 Å². The largest absolute Gasteiger partial charge is 0.335 e. The summed E-state index contributed by atoms with van der Waals surface area (Å²) in [5.74, 6) is 0. The van der Waals surface area contributed by atoms with E-state index in [9.17, 15) is 4.79 Å². The van der Waals surface area contributed by atoms with Crippen molar-refractivity contribution in [2.75, 3.05) is 18.4 Å². The van der Waals surface area contributed by atoms with Crippen molar-refractivity contribution < 1.29 is 4.79 Å². The molecule has 2 rings (SSSR count). The molecule has 4 heteroatoms. The molecule has 1 saturated heterocycles. The maximum absolute atomic E-state index is 11.6. The first-order valence-electron chi connectivity index (χ1n) is 5.59. The number of hydrogen-bond donors (Lipinski definition) is 3.